The van der Waals surface area contributed by atoms with Crippen molar-refractivity contribution in [2.75, 3.05) is 20.0 Å². The standard InChI is InChI=1S/C22H21FN2O3/c23-14-28-21-10-4-2-8-17(21)20-12-18(16-7-1-3-9-19(16)24-20)22(27)25-11-5-6-15(25)13-26/h1-4,7-10,12,15,26H,5-6,11,13-14H2/t15-/m1/s1. The summed E-state index contributed by atoms with van der Waals surface area (Å²) in [5, 5.41) is 10.4. The maximum absolute atomic E-state index is 13.3. The van der Waals surface area contributed by atoms with Crippen molar-refractivity contribution in [2.24, 2.45) is 0 Å². The number of hydrogen-bond donors (Lipinski definition) is 1. The van der Waals surface area contributed by atoms with Gasteiger partial charge in [0.2, 0.25) is 6.86 Å². The Morgan fingerprint density at radius 2 is 2.00 bits per heavy atom. The number of aliphatic hydroxyl groups is 1. The van der Waals surface area contributed by atoms with E-state index in [0.29, 0.717) is 34.6 Å². The number of halogens is 1. The van der Waals surface area contributed by atoms with Gasteiger partial charge in [-0.25, -0.2) is 9.37 Å². The third-order valence-corrected chi connectivity index (χ3v) is 5.17. The molecule has 1 N–H and O–H groups in total. The number of aromatic nitrogens is 1. The Bertz CT molecular complexity index is 1010. The highest BCUT2D eigenvalue weighted by Crippen LogP contribution is 2.32. The highest BCUT2D eigenvalue weighted by atomic mass is 19.1. The van der Waals surface area contributed by atoms with E-state index in [1.807, 2.05) is 30.3 Å². The minimum atomic E-state index is -0.942. The summed E-state index contributed by atoms with van der Waals surface area (Å²) >= 11 is 0. The van der Waals surface area contributed by atoms with Crippen LogP contribution in [0.1, 0.15) is 23.2 Å². The smallest absolute Gasteiger partial charge is 0.254 e. The molecule has 1 fully saturated rings. The molecule has 1 amide bonds. The Morgan fingerprint density at radius 3 is 2.82 bits per heavy atom. The van der Waals surface area contributed by atoms with Gasteiger partial charge in [0.15, 0.2) is 0 Å². The summed E-state index contributed by atoms with van der Waals surface area (Å²) in [6.45, 7) is -0.366. The number of ether oxygens (including phenoxy) is 1. The summed E-state index contributed by atoms with van der Waals surface area (Å²) in [4.78, 5) is 19.7. The molecule has 2 aromatic carbocycles. The van der Waals surface area contributed by atoms with E-state index in [2.05, 4.69) is 4.98 Å². The molecular weight excluding hydrogens is 359 g/mol. The molecule has 1 aliphatic rings. The van der Waals surface area contributed by atoms with E-state index in [4.69, 9.17) is 4.74 Å². The molecule has 0 bridgehead atoms. The third kappa shape index (κ3) is 3.31. The zero-order valence-electron chi connectivity index (χ0n) is 15.3. The van der Waals surface area contributed by atoms with Gasteiger partial charge in [0, 0.05) is 17.5 Å². The first kappa shape index (κ1) is 18.4. The lowest BCUT2D eigenvalue weighted by molar-refractivity contribution is 0.0679. The lowest BCUT2D eigenvalue weighted by Crippen LogP contribution is -2.37. The number of amides is 1. The predicted molar refractivity (Wildman–Crippen MR) is 105 cm³/mol. The number of fused-ring (bicyclic) bond motifs is 1. The van der Waals surface area contributed by atoms with Crippen LogP contribution in [0.4, 0.5) is 4.39 Å². The van der Waals surface area contributed by atoms with Crippen LogP contribution in [0.15, 0.2) is 54.6 Å². The number of alkyl halides is 1. The van der Waals surface area contributed by atoms with Crippen LogP contribution < -0.4 is 4.74 Å². The SMILES string of the molecule is O=C(c1cc(-c2ccccc2OCF)nc2ccccc12)N1CCC[C@@H]1CO. The van der Waals surface area contributed by atoms with Gasteiger partial charge in [-0.1, -0.05) is 30.3 Å². The number of benzene rings is 2. The van der Waals surface area contributed by atoms with Crippen molar-refractivity contribution in [3.8, 4) is 17.0 Å². The van der Waals surface area contributed by atoms with Crippen molar-refractivity contribution in [1.29, 1.82) is 0 Å². The first-order valence-electron chi connectivity index (χ1n) is 9.32. The minimum absolute atomic E-state index is 0.0468. The molecule has 144 valence electrons. The number of hydrogen-bond acceptors (Lipinski definition) is 4. The molecule has 6 heteroatoms. The summed E-state index contributed by atoms with van der Waals surface area (Å²) in [7, 11) is 0. The maximum atomic E-state index is 13.3. The highest BCUT2D eigenvalue weighted by molar-refractivity contribution is 6.07. The second kappa shape index (κ2) is 7.94. The third-order valence-electron chi connectivity index (χ3n) is 5.17. The zero-order chi connectivity index (χ0) is 19.5. The van der Waals surface area contributed by atoms with E-state index in [0.717, 1.165) is 18.2 Å². The van der Waals surface area contributed by atoms with Gasteiger partial charge < -0.3 is 14.7 Å². The molecular formula is C22H21FN2O3. The van der Waals surface area contributed by atoms with Crippen LogP contribution in [0.25, 0.3) is 22.2 Å². The van der Waals surface area contributed by atoms with Gasteiger partial charge in [-0.05, 0) is 37.1 Å². The fraction of sp³-hybridized carbons (Fsp3) is 0.273. The van der Waals surface area contributed by atoms with Crippen molar-refractivity contribution in [1.82, 2.24) is 9.88 Å². The number of aliphatic hydroxyl groups excluding tert-OH is 1. The molecule has 1 saturated heterocycles. The van der Waals surface area contributed by atoms with Crippen molar-refractivity contribution in [2.45, 2.75) is 18.9 Å². The van der Waals surface area contributed by atoms with Gasteiger partial charge in [-0.15, -0.1) is 0 Å². The van der Waals surface area contributed by atoms with E-state index in [9.17, 15) is 14.3 Å². The molecule has 28 heavy (non-hydrogen) atoms. The number of carbonyl (C=O) groups excluding carboxylic acids is 1. The van der Waals surface area contributed by atoms with Crippen molar-refractivity contribution in [3.63, 3.8) is 0 Å². The molecule has 0 radical (unpaired) electrons. The van der Waals surface area contributed by atoms with E-state index >= 15 is 0 Å². The lowest BCUT2D eigenvalue weighted by atomic mass is 10.0. The summed E-state index contributed by atoms with van der Waals surface area (Å²) in [6, 6.07) is 16.1. The van der Waals surface area contributed by atoms with E-state index in [-0.39, 0.29) is 18.6 Å². The first-order valence-corrected chi connectivity index (χ1v) is 9.32. The van der Waals surface area contributed by atoms with Crippen molar-refractivity contribution < 1.29 is 19.0 Å². The number of carbonyl (C=O) groups is 1. The van der Waals surface area contributed by atoms with Gasteiger partial charge in [0.25, 0.3) is 5.91 Å². The number of pyridine rings is 1. The first-order chi connectivity index (χ1) is 13.7. The zero-order valence-corrected chi connectivity index (χ0v) is 15.3. The summed E-state index contributed by atoms with van der Waals surface area (Å²) in [6.07, 6.45) is 1.67. The van der Waals surface area contributed by atoms with E-state index < -0.39 is 6.86 Å². The molecule has 2 heterocycles. The molecule has 0 saturated carbocycles. The molecule has 1 aromatic heterocycles. The second-order valence-electron chi connectivity index (χ2n) is 6.80. The van der Waals surface area contributed by atoms with Crippen molar-refractivity contribution >= 4 is 16.8 Å². The highest BCUT2D eigenvalue weighted by Gasteiger charge is 2.30. The molecule has 4 rings (SSSR count). The molecule has 5 nitrogen and oxygen atoms in total. The fourth-order valence-electron chi connectivity index (χ4n) is 3.80. The quantitative estimate of drug-likeness (QED) is 0.731. The Balaban J connectivity index is 1.86. The summed E-state index contributed by atoms with van der Waals surface area (Å²) in [5.41, 5.74) is 2.38. The van der Waals surface area contributed by atoms with Crippen LogP contribution >= 0.6 is 0 Å². The number of nitrogens with zero attached hydrogens (tertiary/aromatic N) is 2. The molecule has 0 spiro atoms. The van der Waals surface area contributed by atoms with Crippen LogP contribution in [0, 0.1) is 0 Å². The predicted octanol–water partition coefficient (Wildman–Crippen LogP) is 3.80. The normalized spacial score (nSPS) is 16.5. The number of para-hydroxylation sites is 2. The average molecular weight is 380 g/mol. The molecule has 0 aliphatic carbocycles. The minimum Gasteiger partial charge on any atom is -0.462 e. The van der Waals surface area contributed by atoms with Crippen LogP contribution in [-0.2, 0) is 0 Å². The lowest BCUT2D eigenvalue weighted by Gasteiger charge is -2.24. The molecule has 1 atom stereocenters. The van der Waals surface area contributed by atoms with Gasteiger partial charge in [0.05, 0.1) is 29.4 Å². The molecule has 3 aromatic rings. The number of likely N-dealkylation sites (tertiary alicyclic amines) is 1. The fourth-order valence-corrected chi connectivity index (χ4v) is 3.80. The molecule has 0 unspecified atom stereocenters. The van der Waals surface area contributed by atoms with Gasteiger partial charge in [-0.3, -0.25) is 4.79 Å². The van der Waals surface area contributed by atoms with Crippen LogP contribution in [0.2, 0.25) is 0 Å². The molecule has 1 aliphatic heterocycles. The van der Waals surface area contributed by atoms with Crippen LogP contribution in [0.3, 0.4) is 0 Å². The van der Waals surface area contributed by atoms with E-state index in [1.54, 1.807) is 29.2 Å². The van der Waals surface area contributed by atoms with Crippen molar-refractivity contribution in [3.05, 3.63) is 60.2 Å². The largest absolute Gasteiger partial charge is 0.462 e. The number of rotatable bonds is 5. The van der Waals surface area contributed by atoms with E-state index in [1.165, 1.54) is 0 Å². The van der Waals surface area contributed by atoms with Gasteiger partial charge in [0.1, 0.15) is 5.75 Å². The summed E-state index contributed by atoms with van der Waals surface area (Å²) < 4.78 is 17.9. The van der Waals surface area contributed by atoms with Gasteiger partial charge in [-0.2, -0.15) is 0 Å². The maximum Gasteiger partial charge on any atom is 0.254 e. The Kier molecular flexibility index (Phi) is 5.21. The Morgan fingerprint density at radius 1 is 1.21 bits per heavy atom. The van der Waals surface area contributed by atoms with Gasteiger partial charge >= 0.3 is 0 Å². The average Bonchev–Trinajstić information content (AvgIpc) is 3.22. The Hall–Kier alpha value is -2.99. The Labute approximate surface area is 162 Å². The van der Waals surface area contributed by atoms with Crippen LogP contribution in [-0.4, -0.2) is 47.0 Å². The topological polar surface area (TPSA) is 62.7 Å². The van der Waals surface area contributed by atoms with Crippen LogP contribution in [0.5, 0.6) is 5.75 Å². The second-order valence-corrected chi connectivity index (χ2v) is 6.80. The monoisotopic (exact) mass is 380 g/mol. The summed E-state index contributed by atoms with van der Waals surface area (Å²) in [5.74, 6) is 0.251.